The van der Waals surface area contributed by atoms with E-state index in [1.165, 1.54) is 0 Å². The third-order valence-corrected chi connectivity index (χ3v) is 2.50. The first-order valence-corrected chi connectivity index (χ1v) is 6.54. The van der Waals surface area contributed by atoms with Crippen molar-refractivity contribution in [3.8, 4) is 0 Å². The second-order valence-electron chi connectivity index (χ2n) is 4.52. The van der Waals surface area contributed by atoms with Gasteiger partial charge in [0.05, 0.1) is 18.8 Å². The topological polar surface area (TPSA) is 55.2 Å². The third-order valence-electron chi connectivity index (χ3n) is 2.50. The normalized spacial score (nSPS) is 11.3. The first-order chi connectivity index (χ1) is 8.72. The van der Waals surface area contributed by atoms with E-state index in [1.807, 2.05) is 10.9 Å². The predicted molar refractivity (Wildman–Crippen MR) is 71.4 cm³/mol. The first-order valence-electron chi connectivity index (χ1n) is 6.54. The smallest absolute Gasteiger partial charge is 0.0964 e. The summed E-state index contributed by atoms with van der Waals surface area (Å²) >= 11 is 0. The summed E-state index contributed by atoms with van der Waals surface area (Å²) in [6.07, 6.45) is 3.03. The van der Waals surface area contributed by atoms with Crippen molar-refractivity contribution in [3.05, 3.63) is 11.9 Å². The van der Waals surface area contributed by atoms with Crippen molar-refractivity contribution in [2.75, 3.05) is 40.4 Å². The van der Waals surface area contributed by atoms with Crippen molar-refractivity contribution in [1.82, 2.24) is 25.2 Å². The van der Waals surface area contributed by atoms with Crippen molar-refractivity contribution < 1.29 is 4.74 Å². The maximum atomic E-state index is 5.55. The van der Waals surface area contributed by atoms with E-state index in [0.717, 1.165) is 44.9 Å². The van der Waals surface area contributed by atoms with Crippen LogP contribution in [0.1, 0.15) is 19.0 Å². The van der Waals surface area contributed by atoms with Crippen LogP contribution in [-0.4, -0.2) is 60.3 Å². The van der Waals surface area contributed by atoms with Crippen LogP contribution in [0.15, 0.2) is 6.20 Å². The van der Waals surface area contributed by atoms with Crippen molar-refractivity contribution in [1.29, 1.82) is 0 Å². The lowest BCUT2D eigenvalue weighted by Gasteiger charge is -2.09. The molecule has 0 unspecified atom stereocenters. The summed E-state index contributed by atoms with van der Waals surface area (Å²) in [5, 5.41) is 11.4. The van der Waals surface area contributed by atoms with Gasteiger partial charge in [-0.1, -0.05) is 12.1 Å². The van der Waals surface area contributed by atoms with Crippen LogP contribution in [0.2, 0.25) is 0 Å². The summed E-state index contributed by atoms with van der Waals surface area (Å²) in [6, 6.07) is 0. The second-order valence-corrected chi connectivity index (χ2v) is 4.52. The Bertz CT molecular complexity index is 313. The summed E-state index contributed by atoms with van der Waals surface area (Å²) in [5.74, 6) is 0. The molecule has 1 N–H and O–H groups in total. The Balaban J connectivity index is 2.06. The maximum Gasteiger partial charge on any atom is 0.0964 e. The van der Waals surface area contributed by atoms with Crippen LogP contribution in [0.4, 0.5) is 0 Å². The number of ether oxygens (including phenoxy) is 1. The lowest BCUT2D eigenvalue weighted by Crippen LogP contribution is -2.15. The molecule has 0 fully saturated rings. The zero-order chi connectivity index (χ0) is 13.2. The Kier molecular flexibility index (Phi) is 7.55. The predicted octanol–water partition coefficient (Wildman–Crippen LogP) is 0.356. The maximum absolute atomic E-state index is 5.55. The minimum Gasteiger partial charge on any atom is -0.379 e. The molecule has 0 aliphatic rings. The molecular formula is C12H25N5O. The minimum atomic E-state index is 0.692. The van der Waals surface area contributed by atoms with Crippen LogP contribution in [0.3, 0.4) is 0 Å². The number of nitrogens with zero attached hydrogens (tertiary/aromatic N) is 4. The molecule has 0 aliphatic heterocycles. The summed E-state index contributed by atoms with van der Waals surface area (Å²) in [5.41, 5.74) is 0.976. The van der Waals surface area contributed by atoms with E-state index in [0.29, 0.717) is 6.61 Å². The molecule has 1 rings (SSSR count). The number of hydrogen-bond acceptors (Lipinski definition) is 5. The second kappa shape index (κ2) is 9.02. The Morgan fingerprint density at radius 3 is 2.94 bits per heavy atom. The largest absolute Gasteiger partial charge is 0.379 e. The Morgan fingerprint density at radius 2 is 2.22 bits per heavy atom. The highest BCUT2D eigenvalue weighted by atomic mass is 16.5. The van der Waals surface area contributed by atoms with Crippen LogP contribution in [0.5, 0.6) is 0 Å². The molecule has 0 aliphatic carbocycles. The molecule has 1 heterocycles. The van der Waals surface area contributed by atoms with E-state index in [1.54, 1.807) is 0 Å². The molecule has 0 bridgehead atoms. The molecule has 6 nitrogen and oxygen atoms in total. The van der Waals surface area contributed by atoms with Gasteiger partial charge in [-0.3, -0.25) is 0 Å². The van der Waals surface area contributed by atoms with Crippen LogP contribution in [0, 0.1) is 0 Å². The van der Waals surface area contributed by atoms with E-state index in [2.05, 4.69) is 41.5 Å². The van der Waals surface area contributed by atoms with Crippen LogP contribution < -0.4 is 5.32 Å². The number of hydrogen-bond donors (Lipinski definition) is 1. The summed E-state index contributed by atoms with van der Waals surface area (Å²) in [4.78, 5) is 2.16. The van der Waals surface area contributed by atoms with Gasteiger partial charge in [-0.05, 0) is 33.6 Å². The molecule has 6 heteroatoms. The molecule has 104 valence electrons. The van der Waals surface area contributed by atoms with Gasteiger partial charge in [-0.25, -0.2) is 4.68 Å². The average molecular weight is 255 g/mol. The fourth-order valence-corrected chi connectivity index (χ4v) is 1.52. The molecule has 0 spiro atoms. The van der Waals surface area contributed by atoms with Crippen LogP contribution in [0.25, 0.3) is 0 Å². The van der Waals surface area contributed by atoms with Crippen molar-refractivity contribution in [2.45, 2.75) is 26.4 Å². The highest BCUT2D eigenvalue weighted by Crippen LogP contribution is 1.93. The minimum absolute atomic E-state index is 0.692. The van der Waals surface area contributed by atoms with Gasteiger partial charge in [0.1, 0.15) is 0 Å². The van der Waals surface area contributed by atoms with E-state index >= 15 is 0 Å². The van der Waals surface area contributed by atoms with E-state index in [9.17, 15) is 0 Å². The molecule has 0 atom stereocenters. The summed E-state index contributed by atoms with van der Waals surface area (Å²) < 4.78 is 7.38. The van der Waals surface area contributed by atoms with Gasteiger partial charge in [-0.2, -0.15) is 0 Å². The summed E-state index contributed by atoms with van der Waals surface area (Å²) in [6.45, 7) is 7.12. The van der Waals surface area contributed by atoms with Gasteiger partial charge in [0.2, 0.25) is 0 Å². The molecule has 1 aromatic heterocycles. The van der Waals surface area contributed by atoms with Gasteiger partial charge in [0.15, 0.2) is 0 Å². The number of rotatable bonds is 10. The Labute approximate surface area is 109 Å². The Hall–Kier alpha value is -0.980. The number of aromatic nitrogens is 3. The SMILES string of the molecule is CCNCc1cn(CCOCCCN(C)C)nn1. The van der Waals surface area contributed by atoms with Crippen molar-refractivity contribution >= 4 is 0 Å². The van der Waals surface area contributed by atoms with Gasteiger partial charge in [-0.15, -0.1) is 5.10 Å². The van der Waals surface area contributed by atoms with Gasteiger partial charge in [0, 0.05) is 19.3 Å². The van der Waals surface area contributed by atoms with E-state index in [-0.39, 0.29) is 0 Å². The van der Waals surface area contributed by atoms with Gasteiger partial charge < -0.3 is 15.0 Å². The van der Waals surface area contributed by atoms with Gasteiger partial charge >= 0.3 is 0 Å². The van der Waals surface area contributed by atoms with Crippen molar-refractivity contribution in [3.63, 3.8) is 0 Å². The molecule has 1 aromatic rings. The zero-order valence-electron chi connectivity index (χ0n) is 11.7. The quantitative estimate of drug-likeness (QED) is 0.612. The fourth-order valence-electron chi connectivity index (χ4n) is 1.52. The Morgan fingerprint density at radius 1 is 1.39 bits per heavy atom. The van der Waals surface area contributed by atoms with E-state index in [4.69, 9.17) is 4.74 Å². The lowest BCUT2D eigenvalue weighted by atomic mass is 10.4. The fraction of sp³-hybridized carbons (Fsp3) is 0.833. The molecule has 0 saturated heterocycles. The standard InChI is InChI=1S/C12H25N5O/c1-4-13-10-12-11-17(15-14-12)7-9-18-8-5-6-16(2)3/h11,13H,4-10H2,1-3H3. The molecule has 0 radical (unpaired) electrons. The number of nitrogens with one attached hydrogen (secondary N) is 1. The third kappa shape index (κ3) is 6.68. The van der Waals surface area contributed by atoms with E-state index < -0.39 is 0 Å². The monoisotopic (exact) mass is 255 g/mol. The average Bonchev–Trinajstić information content (AvgIpc) is 2.78. The van der Waals surface area contributed by atoms with Crippen LogP contribution in [-0.2, 0) is 17.8 Å². The molecule has 18 heavy (non-hydrogen) atoms. The van der Waals surface area contributed by atoms with Gasteiger partial charge in [0.25, 0.3) is 0 Å². The molecule has 0 saturated carbocycles. The first kappa shape index (κ1) is 15.1. The highest BCUT2D eigenvalue weighted by Gasteiger charge is 1.99. The van der Waals surface area contributed by atoms with Crippen molar-refractivity contribution in [2.24, 2.45) is 0 Å². The molecule has 0 amide bonds. The zero-order valence-corrected chi connectivity index (χ0v) is 11.7. The van der Waals surface area contributed by atoms with Crippen LogP contribution >= 0.6 is 0 Å². The molecule has 0 aromatic carbocycles. The lowest BCUT2D eigenvalue weighted by molar-refractivity contribution is 0.116. The summed E-state index contributed by atoms with van der Waals surface area (Å²) in [7, 11) is 4.14. The molecular weight excluding hydrogens is 230 g/mol. The highest BCUT2D eigenvalue weighted by molar-refractivity contribution is 4.91.